The van der Waals surface area contributed by atoms with Crippen LogP contribution in [0.15, 0.2) is 48.5 Å². The summed E-state index contributed by atoms with van der Waals surface area (Å²) in [6.45, 7) is 2.24. The predicted molar refractivity (Wildman–Crippen MR) is 112 cm³/mol. The number of hydrogen-bond donors (Lipinski definition) is 2. The summed E-state index contributed by atoms with van der Waals surface area (Å²) in [7, 11) is 0. The van der Waals surface area contributed by atoms with E-state index in [2.05, 4.69) is 11.4 Å². The van der Waals surface area contributed by atoms with Crippen molar-refractivity contribution in [2.45, 2.75) is 62.5 Å². The maximum absolute atomic E-state index is 13.9. The monoisotopic (exact) mass is 448 g/mol. The van der Waals surface area contributed by atoms with Gasteiger partial charge in [-0.2, -0.15) is 18.4 Å². The molecule has 1 aliphatic carbocycles. The molecule has 3 rings (SSSR count). The summed E-state index contributed by atoms with van der Waals surface area (Å²) >= 11 is 0. The van der Waals surface area contributed by atoms with Gasteiger partial charge in [0, 0.05) is 6.42 Å². The van der Waals surface area contributed by atoms with E-state index in [1.165, 1.54) is 24.3 Å². The third kappa shape index (κ3) is 5.46. The molecule has 32 heavy (non-hydrogen) atoms. The van der Waals surface area contributed by atoms with Crippen molar-refractivity contribution in [3.05, 3.63) is 59.7 Å². The lowest BCUT2D eigenvalue weighted by molar-refractivity contribution is -0.164. The Labute approximate surface area is 183 Å². The van der Waals surface area contributed by atoms with Gasteiger partial charge in [-0.25, -0.2) is 4.39 Å². The molecule has 4 nitrogen and oxygen atoms in total. The second-order valence-corrected chi connectivity index (χ2v) is 8.85. The zero-order valence-corrected chi connectivity index (χ0v) is 17.7. The number of carboxylic acids is 1. The average molecular weight is 448 g/mol. The quantitative estimate of drug-likeness (QED) is 0.509. The van der Waals surface area contributed by atoms with E-state index in [0.29, 0.717) is 5.56 Å². The average Bonchev–Trinajstić information content (AvgIpc) is 3.51. The first kappa shape index (κ1) is 23.7. The van der Waals surface area contributed by atoms with E-state index in [9.17, 15) is 32.7 Å². The molecule has 0 amide bonds. The molecule has 0 aromatic heterocycles. The molecular weight excluding hydrogens is 424 g/mol. The van der Waals surface area contributed by atoms with Gasteiger partial charge in [0.15, 0.2) is 0 Å². The maximum Gasteiger partial charge on any atom is 0.407 e. The molecule has 2 aromatic rings. The minimum atomic E-state index is -4.77. The zero-order chi connectivity index (χ0) is 23.7. The molecule has 2 aromatic carbocycles. The highest BCUT2D eigenvalue weighted by molar-refractivity contribution is 5.73. The molecule has 0 bridgehead atoms. The summed E-state index contributed by atoms with van der Waals surface area (Å²) in [5.74, 6) is -1.55. The maximum atomic E-state index is 13.9. The van der Waals surface area contributed by atoms with E-state index < -0.39 is 41.7 Å². The van der Waals surface area contributed by atoms with Crippen LogP contribution in [0.1, 0.15) is 50.3 Å². The summed E-state index contributed by atoms with van der Waals surface area (Å²) < 4.78 is 55.0. The first-order valence-corrected chi connectivity index (χ1v) is 10.2. The molecule has 0 heterocycles. The lowest BCUT2D eigenvalue weighted by Crippen LogP contribution is -2.47. The highest BCUT2D eigenvalue weighted by atomic mass is 19.4. The number of nitrogens with one attached hydrogen (secondary N) is 1. The lowest BCUT2D eigenvalue weighted by atomic mass is 9.94. The highest BCUT2D eigenvalue weighted by Crippen LogP contribution is 2.47. The molecule has 1 aliphatic rings. The molecular formula is C24H24F4N2O2. The van der Waals surface area contributed by atoms with Crippen LogP contribution < -0.4 is 5.32 Å². The third-order valence-corrected chi connectivity index (χ3v) is 5.66. The van der Waals surface area contributed by atoms with Crippen LogP contribution in [-0.4, -0.2) is 29.0 Å². The molecule has 1 fully saturated rings. The second-order valence-electron chi connectivity index (χ2n) is 8.85. The number of alkyl halides is 4. The molecule has 0 unspecified atom stereocenters. The summed E-state index contributed by atoms with van der Waals surface area (Å²) in [6, 6.07) is 11.3. The number of rotatable bonds is 8. The summed E-state index contributed by atoms with van der Waals surface area (Å²) in [5, 5.41) is 20.6. The van der Waals surface area contributed by atoms with Gasteiger partial charge < -0.3 is 5.11 Å². The first-order chi connectivity index (χ1) is 14.8. The van der Waals surface area contributed by atoms with E-state index >= 15 is 0 Å². The van der Waals surface area contributed by atoms with Crippen LogP contribution in [-0.2, 0) is 10.2 Å². The summed E-state index contributed by atoms with van der Waals surface area (Å²) in [6.07, 6.45) is -3.74. The fourth-order valence-corrected chi connectivity index (χ4v) is 3.72. The number of halogens is 4. The van der Waals surface area contributed by atoms with Crippen molar-refractivity contribution in [2.24, 2.45) is 0 Å². The van der Waals surface area contributed by atoms with Gasteiger partial charge in [0.1, 0.15) is 17.8 Å². The minimum absolute atomic E-state index is 0.165. The normalized spacial score (nSPS) is 17.3. The van der Waals surface area contributed by atoms with Gasteiger partial charge in [-0.15, -0.1) is 0 Å². The van der Waals surface area contributed by atoms with Gasteiger partial charge in [-0.05, 0) is 48.9 Å². The predicted octanol–water partition coefficient (Wildman–Crippen LogP) is 5.69. The Morgan fingerprint density at radius 3 is 1.94 bits per heavy atom. The molecule has 170 valence electrons. The standard InChI is InChI=1S/C24H24F4N2O2/c1-22(2,25)13-19(21(31)32)30-20(24(26,27)28)17-5-3-15(4-6-17)16-7-9-18(10-8-16)23(14-29)11-12-23/h3-10,19-20,30H,11-13H2,1-2H3,(H,31,32)/t19-,20-/m0/s1. The number of hydrogen-bond acceptors (Lipinski definition) is 3. The van der Waals surface area contributed by atoms with Crippen molar-refractivity contribution in [3.8, 4) is 17.2 Å². The van der Waals surface area contributed by atoms with Crippen molar-refractivity contribution in [2.75, 3.05) is 0 Å². The highest BCUT2D eigenvalue weighted by Gasteiger charge is 2.45. The lowest BCUT2D eigenvalue weighted by Gasteiger charge is -2.28. The van der Waals surface area contributed by atoms with Crippen LogP contribution in [0.3, 0.4) is 0 Å². The van der Waals surface area contributed by atoms with Gasteiger partial charge in [-0.3, -0.25) is 10.1 Å². The number of nitriles is 1. The van der Waals surface area contributed by atoms with Crippen LogP contribution >= 0.6 is 0 Å². The number of aliphatic carboxylic acids is 1. The first-order valence-electron chi connectivity index (χ1n) is 10.2. The van der Waals surface area contributed by atoms with Crippen LogP contribution in [0, 0.1) is 11.3 Å². The van der Waals surface area contributed by atoms with Gasteiger partial charge >= 0.3 is 12.1 Å². The smallest absolute Gasteiger partial charge is 0.407 e. The largest absolute Gasteiger partial charge is 0.480 e. The van der Waals surface area contributed by atoms with Crippen LogP contribution in [0.4, 0.5) is 17.6 Å². The van der Waals surface area contributed by atoms with E-state index in [1.807, 2.05) is 24.3 Å². The number of nitrogens with zero attached hydrogens (tertiary/aromatic N) is 1. The summed E-state index contributed by atoms with van der Waals surface area (Å²) in [5.41, 5.74) is -0.134. The van der Waals surface area contributed by atoms with Crippen LogP contribution in [0.5, 0.6) is 0 Å². The Morgan fingerprint density at radius 2 is 1.56 bits per heavy atom. The van der Waals surface area contributed by atoms with Gasteiger partial charge in [-0.1, -0.05) is 48.5 Å². The minimum Gasteiger partial charge on any atom is -0.480 e. The molecule has 8 heteroatoms. The molecule has 0 aliphatic heterocycles. The zero-order valence-electron chi connectivity index (χ0n) is 17.7. The van der Waals surface area contributed by atoms with Crippen molar-refractivity contribution in [3.63, 3.8) is 0 Å². The van der Waals surface area contributed by atoms with Gasteiger partial charge in [0.05, 0.1) is 11.5 Å². The Kier molecular flexibility index (Phi) is 6.34. The number of benzene rings is 2. The molecule has 0 radical (unpaired) electrons. The number of carbonyl (C=O) groups is 1. The SMILES string of the molecule is CC(C)(F)C[C@H](N[C@@H](c1ccc(-c2ccc(C3(C#N)CC3)cc2)cc1)C(F)(F)F)C(=O)O. The topological polar surface area (TPSA) is 73.1 Å². The van der Waals surface area contributed by atoms with E-state index in [-0.39, 0.29) is 5.56 Å². The Morgan fingerprint density at radius 1 is 1.06 bits per heavy atom. The van der Waals surface area contributed by atoms with Crippen molar-refractivity contribution in [1.82, 2.24) is 5.32 Å². The van der Waals surface area contributed by atoms with Gasteiger partial charge in [0.2, 0.25) is 0 Å². The summed E-state index contributed by atoms with van der Waals surface area (Å²) in [4.78, 5) is 11.4. The Balaban J connectivity index is 1.82. The second kappa shape index (κ2) is 8.55. The molecule has 2 atom stereocenters. The van der Waals surface area contributed by atoms with Gasteiger partial charge in [0.25, 0.3) is 0 Å². The van der Waals surface area contributed by atoms with E-state index in [1.54, 1.807) is 0 Å². The van der Waals surface area contributed by atoms with Crippen molar-refractivity contribution < 1.29 is 27.5 Å². The van der Waals surface area contributed by atoms with Crippen LogP contribution in [0.2, 0.25) is 0 Å². The molecule has 1 saturated carbocycles. The van der Waals surface area contributed by atoms with E-state index in [0.717, 1.165) is 37.8 Å². The molecule has 0 saturated heterocycles. The fraction of sp³-hybridized carbons (Fsp3) is 0.417. The Hall–Kier alpha value is -2.92. The Bertz CT molecular complexity index is 999. The third-order valence-electron chi connectivity index (χ3n) is 5.66. The number of carboxylic acid groups (broad SMARTS) is 1. The van der Waals surface area contributed by atoms with Crippen LogP contribution in [0.25, 0.3) is 11.1 Å². The van der Waals surface area contributed by atoms with E-state index in [4.69, 9.17) is 0 Å². The van der Waals surface area contributed by atoms with Crippen molar-refractivity contribution >= 4 is 5.97 Å². The fourth-order valence-electron chi connectivity index (χ4n) is 3.72. The molecule has 2 N–H and O–H groups in total. The molecule has 0 spiro atoms. The van der Waals surface area contributed by atoms with Crippen molar-refractivity contribution in [1.29, 1.82) is 5.26 Å².